The molecule has 0 spiro atoms. The van der Waals surface area contributed by atoms with Crippen molar-refractivity contribution in [3.63, 3.8) is 0 Å². The summed E-state index contributed by atoms with van der Waals surface area (Å²) in [6.07, 6.45) is 0. The molecule has 0 unspecified atom stereocenters. The number of rotatable bonds is 7. The van der Waals surface area contributed by atoms with E-state index in [-0.39, 0.29) is 5.91 Å². The van der Waals surface area contributed by atoms with Gasteiger partial charge in [0.25, 0.3) is 5.22 Å². The van der Waals surface area contributed by atoms with Gasteiger partial charge >= 0.3 is 0 Å². The van der Waals surface area contributed by atoms with Crippen molar-refractivity contribution in [1.82, 2.24) is 10.2 Å². The number of hydrogen-bond donors (Lipinski definition) is 1. The zero-order valence-corrected chi connectivity index (χ0v) is 16.2. The molecule has 7 nitrogen and oxygen atoms in total. The summed E-state index contributed by atoms with van der Waals surface area (Å²) in [5.74, 6) is 0.923. The van der Waals surface area contributed by atoms with Crippen molar-refractivity contribution >= 4 is 23.4 Å². The van der Waals surface area contributed by atoms with Crippen molar-refractivity contribution in [3.05, 3.63) is 54.1 Å². The monoisotopic (exact) mass is 394 g/mol. The average Bonchev–Trinajstić information content (AvgIpc) is 3.17. The number of thioether (sulfide) groups is 1. The summed E-state index contributed by atoms with van der Waals surface area (Å²) in [5.41, 5.74) is 1.82. The van der Waals surface area contributed by atoms with Crippen molar-refractivity contribution in [2.24, 2.45) is 0 Å². The number of nitrogens with one attached hydrogen (secondary N) is 1. The van der Waals surface area contributed by atoms with Crippen LogP contribution in [0, 0.1) is 11.3 Å². The number of amides is 1. The van der Waals surface area contributed by atoms with Gasteiger partial charge in [0, 0.05) is 11.3 Å². The second-order valence-electron chi connectivity index (χ2n) is 5.77. The molecule has 1 N–H and O–H groups in total. The van der Waals surface area contributed by atoms with E-state index in [1.54, 1.807) is 31.2 Å². The van der Waals surface area contributed by atoms with Crippen molar-refractivity contribution in [1.29, 1.82) is 5.26 Å². The maximum Gasteiger partial charge on any atom is 0.277 e. The van der Waals surface area contributed by atoms with Crippen LogP contribution in [0.15, 0.2) is 58.2 Å². The number of nitrogens with zero attached hydrogens (tertiary/aromatic N) is 3. The van der Waals surface area contributed by atoms with Crippen molar-refractivity contribution in [2.75, 3.05) is 11.9 Å². The molecule has 0 aliphatic rings. The zero-order valence-electron chi connectivity index (χ0n) is 15.4. The largest absolute Gasteiger partial charge is 0.494 e. The van der Waals surface area contributed by atoms with E-state index in [9.17, 15) is 4.79 Å². The first kappa shape index (κ1) is 19.5. The summed E-state index contributed by atoms with van der Waals surface area (Å²) < 4.78 is 11.1. The summed E-state index contributed by atoms with van der Waals surface area (Å²) >= 11 is 1.17. The van der Waals surface area contributed by atoms with Gasteiger partial charge in [0.1, 0.15) is 5.75 Å². The molecule has 1 heterocycles. The second-order valence-corrected chi connectivity index (χ2v) is 7.06. The summed E-state index contributed by atoms with van der Waals surface area (Å²) in [7, 11) is 0. The van der Waals surface area contributed by atoms with Gasteiger partial charge in [0.2, 0.25) is 11.8 Å². The first-order valence-corrected chi connectivity index (χ1v) is 9.51. The Kier molecular flexibility index (Phi) is 6.29. The molecule has 0 aliphatic carbocycles. The molecule has 1 aromatic heterocycles. The number of nitriles is 1. The molecule has 0 fully saturated rings. The fourth-order valence-corrected chi connectivity index (χ4v) is 3.03. The molecule has 1 atom stereocenters. The van der Waals surface area contributed by atoms with Gasteiger partial charge in [-0.1, -0.05) is 17.8 Å². The first-order valence-electron chi connectivity index (χ1n) is 8.63. The molecule has 142 valence electrons. The highest BCUT2D eigenvalue weighted by atomic mass is 32.2. The maximum atomic E-state index is 12.4. The molecule has 0 aliphatic heterocycles. The van der Waals surface area contributed by atoms with E-state index >= 15 is 0 Å². The van der Waals surface area contributed by atoms with Crippen LogP contribution in [-0.4, -0.2) is 28.0 Å². The topological polar surface area (TPSA) is 101 Å². The number of anilines is 1. The minimum Gasteiger partial charge on any atom is -0.494 e. The van der Waals surface area contributed by atoms with Crippen LogP contribution in [0.3, 0.4) is 0 Å². The third-order valence-corrected chi connectivity index (χ3v) is 4.66. The van der Waals surface area contributed by atoms with E-state index in [1.165, 1.54) is 11.8 Å². The van der Waals surface area contributed by atoms with Crippen molar-refractivity contribution < 1.29 is 13.9 Å². The van der Waals surface area contributed by atoms with Gasteiger partial charge in [-0.05, 0) is 56.3 Å². The quantitative estimate of drug-likeness (QED) is 0.601. The van der Waals surface area contributed by atoms with Crippen LogP contribution in [0.25, 0.3) is 11.5 Å². The molecule has 2 aromatic carbocycles. The lowest BCUT2D eigenvalue weighted by Crippen LogP contribution is -2.22. The number of carbonyl (C=O) groups is 1. The number of hydrogen-bond acceptors (Lipinski definition) is 7. The molecule has 1 amide bonds. The van der Waals surface area contributed by atoms with Crippen LogP contribution in [0.4, 0.5) is 5.69 Å². The SMILES string of the molecule is CCOc1ccc(-c2nnc(S[C@@H](C)C(=O)Nc3cccc(C#N)c3)o2)cc1. The predicted molar refractivity (Wildman–Crippen MR) is 106 cm³/mol. The Morgan fingerprint density at radius 1 is 1.29 bits per heavy atom. The van der Waals surface area contributed by atoms with E-state index < -0.39 is 5.25 Å². The van der Waals surface area contributed by atoms with Gasteiger partial charge in [0.15, 0.2) is 0 Å². The summed E-state index contributed by atoms with van der Waals surface area (Å²) in [6, 6.07) is 16.1. The van der Waals surface area contributed by atoms with E-state index in [4.69, 9.17) is 14.4 Å². The Bertz CT molecular complexity index is 995. The minimum absolute atomic E-state index is 0.221. The van der Waals surface area contributed by atoms with E-state index in [1.807, 2.05) is 37.3 Å². The average molecular weight is 394 g/mol. The Morgan fingerprint density at radius 3 is 2.79 bits per heavy atom. The van der Waals surface area contributed by atoms with Crippen LogP contribution in [-0.2, 0) is 4.79 Å². The molecular formula is C20H18N4O3S. The molecule has 0 radical (unpaired) electrons. The summed E-state index contributed by atoms with van der Waals surface area (Å²) in [5, 5.41) is 19.6. The summed E-state index contributed by atoms with van der Waals surface area (Å²) in [4.78, 5) is 12.4. The molecule has 3 rings (SSSR count). The Balaban J connectivity index is 1.62. The lowest BCUT2D eigenvalue weighted by atomic mass is 10.2. The number of ether oxygens (including phenoxy) is 1. The van der Waals surface area contributed by atoms with Crippen LogP contribution >= 0.6 is 11.8 Å². The maximum absolute atomic E-state index is 12.4. The van der Waals surface area contributed by atoms with Crippen LogP contribution in [0.2, 0.25) is 0 Å². The Morgan fingerprint density at radius 2 is 2.07 bits per heavy atom. The highest BCUT2D eigenvalue weighted by Crippen LogP contribution is 2.27. The highest BCUT2D eigenvalue weighted by Gasteiger charge is 2.19. The highest BCUT2D eigenvalue weighted by molar-refractivity contribution is 8.00. The van der Waals surface area contributed by atoms with Gasteiger partial charge in [-0.15, -0.1) is 10.2 Å². The fraction of sp³-hybridized carbons (Fsp3) is 0.200. The lowest BCUT2D eigenvalue weighted by molar-refractivity contribution is -0.115. The fourth-order valence-electron chi connectivity index (χ4n) is 2.35. The van der Waals surface area contributed by atoms with Crippen LogP contribution in [0.5, 0.6) is 5.75 Å². The predicted octanol–water partition coefficient (Wildman–Crippen LogP) is 4.13. The van der Waals surface area contributed by atoms with Crippen LogP contribution in [0.1, 0.15) is 19.4 Å². The Hall–Kier alpha value is -3.31. The lowest BCUT2D eigenvalue weighted by Gasteiger charge is -2.09. The second kappa shape index (κ2) is 9.06. The number of aromatic nitrogens is 2. The van der Waals surface area contributed by atoms with Gasteiger partial charge in [0.05, 0.1) is 23.5 Å². The molecule has 3 aromatic rings. The molecule has 8 heteroatoms. The van der Waals surface area contributed by atoms with Gasteiger partial charge in [-0.3, -0.25) is 4.79 Å². The third kappa shape index (κ3) is 4.90. The van der Waals surface area contributed by atoms with E-state index in [0.717, 1.165) is 11.3 Å². The van der Waals surface area contributed by atoms with Gasteiger partial charge in [-0.2, -0.15) is 5.26 Å². The Labute approximate surface area is 166 Å². The number of carbonyl (C=O) groups excluding carboxylic acids is 1. The van der Waals surface area contributed by atoms with E-state index in [2.05, 4.69) is 15.5 Å². The minimum atomic E-state index is -0.459. The molecule has 0 bridgehead atoms. The summed E-state index contributed by atoms with van der Waals surface area (Å²) in [6.45, 7) is 4.27. The zero-order chi connectivity index (χ0) is 19.9. The van der Waals surface area contributed by atoms with Gasteiger partial charge in [-0.25, -0.2) is 0 Å². The first-order chi connectivity index (χ1) is 13.6. The smallest absolute Gasteiger partial charge is 0.277 e. The van der Waals surface area contributed by atoms with E-state index in [0.29, 0.717) is 29.0 Å². The molecule has 0 saturated heterocycles. The van der Waals surface area contributed by atoms with Crippen molar-refractivity contribution in [3.8, 4) is 23.3 Å². The molecule has 0 saturated carbocycles. The molecule has 28 heavy (non-hydrogen) atoms. The third-order valence-electron chi connectivity index (χ3n) is 3.72. The van der Waals surface area contributed by atoms with Crippen molar-refractivity contribution in [2.45, 2.75) is 24.3 Å². The number of benzene rings is 2. The van der Waals surface area contributed by atoms with Crippen LogP contribution < -0.4 is 10.1 Å². The van der Waals surface area contributed by atoms with Gasteiger partial charge < -0.3 is 14.5 Å². The standard InChI is InChI=1S/C20H18N4O3S/c1-3-26-17-9-7-15(8-10-17)19-23-24-20(27-19)28-13(2)18(25)22-16-6-4-5-14(11-16)12-21/h4-11,13H,3H2,1-2H3,(H,22,25)/t13-/m0/s1. The normalized spacial score (nSPS) is 11.5. The molecular weight excluding hydrogens is 376 g/mol.